The average Bonchev–Trinajstić information content (AvgIpc) is 3.01. The SMILES string of the molecule is COC(=O)Cc1ccccc1OCc1cc(-c2cccc(CCC(=O)OC(C)(C)C)c2)cc(C(Nc2ccccc2)C(F)(F)F)c1. The molecule has 0 saturated carbocycles. The molecule has 6 nitrogen and oxygen atoms in total. The number of aryl methyl sites for hydroxylation is 1. The van der Waals surface area contributed by atoms with Crippen molar-refractivity contribution in [2.45, 2.75) is 64.5 Å². The Bertz CT molecular complexity index is 1630. The molecule has 0 spiro atoms. The predicted molar refractivity (Wildman–Crippen MR) is 171 cm³/mol. The number of carbonyl (C=O) groups excluding carboxylic acids is 2. The highest BCUT2D eigenvalue weighted by molar-refractivity contribution is 5.73. The highest BCUT2D eigenvalue weighted by Gasteiger charge is 2.41. The van der Waals surface area contributed by atoms with Gasteiger partial charge in [-0.1, -0.05) is 60.7 Å². The lowest BCUT2D eigenvalue weighted by atomic mass is 9.94. The van der Waals surface area contributed by atoms with Crippen molar-refractivity contribution in [1.82, 2.24) is 0 Å². The number of alkyl halides is 3. The third kappa shape index (κ3) is 10.1. The van der Waals surface area contributed by atoms with Crippen LogP contribution >= 0.6 is 0 Å². The summed E-state index contributed by atoms with van der Waals surface area (Å²) in [4.78, 5) is 24.2. The van der Waals surface area contributed by atoms with Gasteiger partial charge in [-0.15, -0.1) is 0 Å². The molecule has 1 N–H and O–H groups in total. The van der Waals surface area contributed by atoms with Crippen molar-refractivity contribution in [3.8, 4) is 16.9 Å². The van der Waals surface area contributed by atoms with Crippen LogP contribution in [0.3, 0.4) is 0 Å². The van der Waals surface area contributed by atoms with Crippen LogP contribution in [0.2, 0.25) is 0 Å². The minimum Gasteiger partial charge on any atom is -0.489 e. The summed E-state index contributed by atoms with van der Waals surface area (Å²) in [6.45, 7) is 5.36. The van der Waals surface area contributed by atoms with Crippen LogP contribution in [0.15, 0.2) is 97.1 Å². The average molecular weight is 634 g/mol. The first-order chi connectivity index (χ1) is 21.8. The van der Waals surface area contributed by atoms with Gasteiger partial charge in [-0.2, -0.15) is 13.2 Å². The minimum atomic E-state index is -4.62. The van der Waals surface area contributed by atoms with E-state index in [1.54, 1.807) is 81.4 Å². The molecular formula is C37H38F3NO5. The van der Waals surface area contributed by atoms with Crippen molar-refractivity contribution in [2.24, 2.45) is 0 Å². The number of halogens is 3. The first kappa shape index (κ1) is 34.1. The zero-order chi connectivity index (χ0) is 33.3. The monoisotopic (exact) mass is 633 g/mol. The number of esters is 2. The van der Waals surface area contributed by atoms with Crippen molar-refractivity contribution < 1.29 is 37.0 Å². The second-order valence-corrected chi connectivity index (χ2v) is 11.9. The molecule has 4 aromatic rings. The Kier molecular flexibility index (Phi) is 11.1. The van der Waals surface area contributed by atoms with Crippen molar-refractivity contribution in [1.29, 1.82) is 0 Å². The lowest BCUT2D eigenvalue weighted by Crippen LogP contribution is -2.28. The van der Waals surface area contributed by atoms with Crippen LogP contribution in [0.4, 0.5) is 18.9 Å². The van der Waals surface area contributed by atoms with E-state index in [1.165, 1.54) is 19.2 Å². The van der Waals surface area contributed by atoms with Gasteiger partial charge in [0.15, 0.2) is 0 Å². The number of ether oxygens (including phenoxy) is 3. The van der Waals surface area contributed by atoms with Gasteiger partial charge in [0.2, 0.25) is 0 Å². The molecule has 4 aromatic carbocycles. The van der Waals surface area contributed by atoms with Crippen molar-refractivity contribution in [3.63, 3.8) is 0 Å². The molecule has 0 aliphatic rings. The van der Waals surface area contributed by atoms with Gasteiger partial charge in [0, 0.05) is 17.7 Å². The number of methoxy groups -OCH3 is 1. The van der Waals surface area contributed by atoms with E-state index in [-0.39, 0.29) is 31.0 Å². The fourth-order valence-electron chi connectivity index (χ4n) is 4.92. The largest absolute Gasteiger partial charge is 0.489 e. The number of carbonyl (C=O) groups is 2. The second kappa shape index (κ2) is 15.0. The third-order valence-corrected chi connectivity index (χ3v) is 6.99. The summed E-state index contributed by atoms with van der Waals surface area (Å²) in [7, 11) is 1.30. The van der Waals surface area contributed by atoms with Crippen LogP contribution in [0.1, 0.15) is 55.5 Å². The van der Waals surface area contributed by atoms with E-state index in [4.69, 9.17) is 14.2 Å². The topological polar surface area (TPSA) is 73.9 Å². The first-order valence-corrected chi connectivity index (χ1v) is 14.9. The second-order valence-electron chi connectivity index (χ2n) is 11.9. The molecule has 0 amide bonds. The Labute approximate surface area is 267 Å². The molecule has 0 heterocycles. The Hall–Kier alpha value is -4.79. The maximum absolute atomic E-state index is 14.6. The van der Waals surface area contributed by atoms with E-state index >= 15 is 0 Å². The van der Waals surface area contributed by atoms with Gasteiger partial charge in [0.05, 0.1) is 13.5 Å². The number of nitrogens with one attached hydrogen (secondary N) is 1. The van der Waals surface area contributed by atoms with Crippen molar-refractivity contribution in [3.05, 3.63) is 119 Å². The lowest BCUT2D eigenvalue weighted by Gasteiger charge is -2.24. The number of hydrogen-bond donors (Lipinski definition) is 1. The molecule has 9 heteroatoms. The Morgan fingerprint density at radius 1 is 0.783 bits per heavy atom. The summed E-state index contributed by atoms with van der Waals surface area (Å²) in [5.74, 6) is -0.336. The molecule has 0 fully saturated rings. The molecule has 0 radical (unpaired) electrons. The molecule has 0 aliphatic carbocycles. The highest BCUT2D eigenvalue weighted by atomic mass is 19.4. The van der Waals surface area contributed by atoms with Crippen LogP contribution in [0.5, 0.6) is 5.75 Å². The fraction of sp³-hybridized carbons (Fsp3) is 0.297. The molecule has 1 unspecified atom stereocenters. The molecule has 46 heavy (non-hydrogen) atoms. The quantitative estimate of drug-likeness (QED) is 0.158. The normalized spacial score (nSPS) is 12.2. The van der Waals surface area contributed by atoms with Crippen LogP contribution in [-0.4, -0.2) is 30.8 Å². The van der Waals surface area contributed by atoms with E-state index in [2.05, 4.69) is 5.32 Å². The van der Waals surface area contributed by atoms with Crippen LogP contribution < -0.4 is 10.1 Å². The fourth-order valence-corrected chi connectivity index (χ4v) is 4.92. The van der Waals surface area contributed by atoms with E-state index < -0.39 is 23.8 Å². The number of para-hydroxylation sites is 2. The summed E-state index contributed by atoms with van der Waals surface area (Å²) in [6.07, 6.45) is -4.04. The Balaban J connectivity index is 1.69. The maximum Gasteiger partial charge on any atom is 0.412 e. The Morgan fingerprint density at radius 3 is 2.17 bits per heavy atom. The van der Waals surface area contributed by atoms with Gasteiger partial charge in [0.25, 0.3) is 0 Å². The third-order valence-electron chi connectivity index (χ3n) is 6.99. The van der Waals surface area contributed by atoms with E-state index in [0.717, 1.165) is 5.56 Å². The lowest BCUT2D eigenvalue weighted by molar-refractivity contribution is -0.154. The highest BCUT2D eigenvalue weighted by Crippen LogP contribution is 2.38. The van der Waals surface area contributed by atoms with Gasteiger partial charge >= 0.3 is 18.1 Å². The number of rotatable bonds is 12. The van der Waals surface area contributed by atoms with E-state index in [0.29, 0.717) is 40.1 Å². The minimum absolute atomic E-state index is 0.00874. The van der Waals surface area contributed by atoms with Crippen LogP contribution in [0.25, 0.3) is 11.1 Å². The summed E-state index contributed by atoms with van der Waals surface area (Å²) >= 11 is 0. The van der Waals surface area contributed by atoms with Gasteiger partial charge in [-0.25, -0.2) is 0 Å². The molecule has 242 valence electrons. The summed E-state index contributed by atoms with van der Waals surface area (Å²) in [5.41, 5.74) is 2.94. The van der Waals surface area contributed by atoms with Crippen molar-refractivity contribution >= 4 is 17.6 Å². The predicted octanol–water partition coefficient (Wildman–Crippen LogP) is 8.64. The van der Waals surface area contributed by atoms with Gasteiger partial charge in [-0.3, -0.25) is 9.59 Å². The summed E-state index contributed by atoms with van der Waals surface area (Å²) in [5, 5.41) is 2.65. The number of anilines is 1. The molecule has 4 rings (SSSR count). The van der Waals surface area contributed by atoms with E-state index in [1.807, 2.05) is 24.3 Å². The van der Waals surface area contributed by atoms with E-state index in [9.17, 15) is 22.8 Å². The molecule has 0 bridgehead atoms. The zero-order valence-electron chi connectivity index (χ0n) is 26.3. The van der Waals surface area contributed by atoms with Gasteiger partial charge in [-0.05, 0) is 91.4 Å². The Morgan fingerprint density at radius 2 is 1.48 bits per heavy atom. The molecule has 0 aliphatic heterocycles. The summed E-state index contributed by atoms with van der Waals surface area (Å²) in [6, 6.07) is 25.3. The number of hydrogen-bond acceptors (Lipinski definition) is 6. The molecule has 1 atom stereocenters. The van der Waals surface area contributed by atoms with Crippen LogP contribution in [0, 0.1) is 0 Å². The number of benzene rings is 4. The standard InChI is InChI=1S/C37H38F3NO5/c1-36(2,3)46-33(42)18-17-25-11-10-13-27(19-25)29-20-26(24-45-32-16-9-8-12-28(32)23-34(43)44-4)21-30(22-29)35(37(38,39)40)41-31-14-6-5-7-15-31/h5-16,19-22,35,41H,17-18,23-24H2,1-4H3. The molecule has 0 saturated heterocycles. The van der Waals surface area contributed by atoms with Crippen LogP contribution in [-0.2, 0) is 38.5 Å². The smallest absolute Gasteiger partial charge is 0.412 e. The van der Waals surface area contributed by atoms with Crippen molar-refractivity contribution in [2.75, 3.05) is 12.4 Å². The zero-order valence-corrected chi connectivity index (χ0v) is 26.3. The molecular weight excluding hydrogens is 595 g/mol. The maximum atomic E-state index is 14.6. The van der Waals surface area contributed by atoms with Gasteiger partial charge < -0.3 is 19.5 Å². The molecule has 0 aromatic heterocycles. The first-order valence-electron chi connectivity index (χ1n) is 14.9. The summed E-state index contributed by atoms with van der Waals surface area (Å²) < 4.78 is 60.0. The van der Waals surface area contributed by atoms with Gasteiger partial charge in [0.1, 0.15) is 24.0 Å².